The number of rotatable bonds is 6. The van der Waals surface area contributed by atoms with Crippen LogP contribution >= 0.6 is 0 Å². The largest absolute Gasteiger partial charge is 0.377 e. The zero-order chi connectivity index (χ0) is 14.5. The lowest BCUT2D eigenvalue weighted by Gasteiger charge is -2.23. The molecule has 0 N–H and O–H groups in total. The predicted molar refractivity (Wildman–Crippen MR) is 78.3 cm³/mol. The van der Waals surface area contributed by atoms with Gasteiger partial charge in [0, 0.05) is 19.7 Å². The lowest BCUT2D eigenvalue weighted by molar-refractivity contribution is 0.0670. The third-order valence-corrected chi connectivity index (χ3v) is 3.65. The van der Waals surface area contributed by atoms with Crippen LogP contribution in [-0.2, 0) is 24.9 Å². The van der Waals surface area contributed by atoms with Crippen LogP contribution in [0.3, 0.4) is 0 Å². The minimum Gasteiger partial charge on any atom is -0.377 e. The van der Waals surface area contributed by atoms with Crippen LogP contribution in [0, 0.1) is 0 Å². The van der Waals surface area contributed by atoms with Gasteiger partial charge in [-0.2, -0.15) is 4.80 Å². The normalized spacial score (nSPS) is 18.5. The zero-order valence-corrected chi connectivity index (χ0v) is 12.4. The molecule has 1 aliphatic rings. The van der Waals surface area contributed by atoms with Gasteiger partial charge in [-0.25, -0.2) is 0 Å². The molecule has 0 aliphatic carbocycles. The van der Waals surface area contributed by atoms with E-state index in [9.17, 15) is 0 Å². The smallest absolute Gasteiger partial charge is 0.188 e. The highest BCUT2D eigenvalue weighted by atomic mass is 16.5. The molecule has 1 atom stereocenters. The monoisotopic (exact) mass is 287 g/mol. The molecule has 1 aliphatic heterocycles. The standard InChI is InChI=1S/C15H21N5O/c1-19-17-15(16-18-19)12-20(11-14-8-5-9-21-14)10-13-6-3-2-4-7-13/h2-4,6-7,14H,5,8-12H2,1H3. The molecule has 6 nitrogen and oxygen atoms in total. The van der Waals surface area contributed by atoms with Crippen LogP contribution in [0.1, 0.15) is 24.2 Å². The van der Waals surface area contributed by atoms with E-state index in [2.05, 4.69) is 44.6 Å². The number of hydrogen-bond acceptors (Lipinski definition) is 5. The number of benzene rings is 1. The molecule has 1 aromatic carbocycles. The molecule has 2 heterocycles. The van der Waals surface area contributed by atoms with Gasteiger partial charge < -0.3 is 4.74 Å². The highest BCUT2D eigenvalue weighted by molar-refractivity contribution is 5.14. The molecule has 0 radical (unpaired) electrons. The lowest BCUT2D eigenvalue weighted by atomic mass is 10.2. The summed E-state index contributed by atoms with van der Waals surface area (Å²) in [5, 5.41) is 12.3. The fraction of sp³-hybridized carbons (Fsp3) is 0.533. The fourth-order valence-corrected chi connectivity index (χ4v) is 2.69. The summed E-state index contributed by atoms with van der Waals surface area (Å²) in [6.45, 7) is 3.36. The van der Waals surface area contributed by atoms with Crippen molar-refractivity contribution in [2.24, 2.45) is 7.05 Å². The van der Waals surface area contributed by atoms with Crippen molar-refractivity contribution in [1.29, 1.82) is 0 Å². The minimum absolute atomic E-state index is 0.324. The number of ether oxygens (including phenoxy) is 1. The highest BCUT2D eigenvalue weighted by Gasteiger charge is 2.20. The molecule has 0 spiro atoms. The Kier molecular flexibility index (Phi) is 4.57. The minimum atomic E-state index is 0.324. The van der Waals surface area contributed by atoms with E-state index in [1.807, 2.05) is 6.07 Å². The second-order valence-electron chi connectivity index (χ2n) is 5.49. The number of tetrazole rings is 1. The third kappa shape index (κ3) is 4.09. The maximum absolute atomic E-state index is 5.76. The lowest BCUT2D eigenvalue weighted by Crippen LogP contribution is -2.31. The van der Waals surface area contributed by atoms with Crippen molar-refractivity contribution in [1.82, 2.24) is 25.1 Å². The van der Waals surface area contributed by atoms with Crippen LogP contribution in [0.2, 0.25) is 0 Å². The average Bonchev–Trinajstić information content (AvgIpc) is 3.12. The SMILES string of the molecule is Cn1nnc(CN(Cc2ccccc2)CC2CCCO2)n1. The molecule has 1 unspecified atom stereocenters. The summed E-state index contributed by atoms with van der Waals surface area (Å²) < 4.78 is 5.76. The summed E-state index contributed by atoms with van der Waals surface area (Å²) in [7, 11) is 1.79. The van der Waals surface area contributed by atoms with E-state index in [1.54, 1.807) is 7.05 Å². The first-order chi connectivity index (χ1) is 10.3. The number of nitrogens with zero attached hydrogens (tertiary/aromatic N) is 5. The van der Waals surface area contributed by atoms with Crippen molar-refractivity contribution in [2.75, 3.05) is 13.2 Å². The van der Waals surface area contributed by atoms with Gasteiger partial charge in [-0.3, -0.25) is 4.90 Å². The molecule has 6 heteroatoms. The van der Waals surface area contributed by atoms with E-state index in [-0.39, 0.29) is 0 Å². The predicted octanol–water partition coefficient (Wildman–Crippen LogP) is 1.39. The molecular formula is C15H21N5O. The highest BCUT2D eigenvalue weighted by Crippen LogP contribution is 2.16. The molecule has 112 valence electrons. The van der Waals surface area contributed by atoms with Gasteiger partial charge >= 0.3 is 0 Å². The maximum Gasteiger partial charge on any atom is 0.188 e. The molecule has 1 aromatic heterocycles. The van der Waals surface area contributed by atoms with Crippen LogP contribution < -0.4 is 0 Å². The molecule has 1 saturated heterocycles. The van der Waals surface area contributed by atoms with E-state index in [0.717, 1.165) is 38.4 Å². The van der Waals surface area contributed by atoms with Crippen molar-refractivity contribution >= 4 is 0 Å². The van der Waals surface area contributed by atoms with Crippen LogP contribution in [0.5, 0.6) is 0 Å². The van der Waals surface area contributed by atoms with E-state index >= 15 is 0 Å². The van der Waals surface area contributed by atoms with Gasteiger partial charge in [0.2, 0.25) is 0 Å². The van der Waals surface area contributed by atoms with Gasteiger partial charge in [0.05, 0.1) is 19.7 Å². The van der Waals surface area contributed by atoms with Gasteiger partial charge in [0.15, 0.2) is 5.82 Å². The van der Waals surface area contributed by atoms with Crippen LogP contribution in [0.4, 0.5) is 0 Å². The van der Waals surface area contributed by atoms with Crippen molar-refractivity contribution in [2.45, 2.75) is 32.0 Å². The third-order valence-electron chi connectivity index (χ3n) is 3.65. The molecule has 0 bridgehead atoms. The quantitative estimate of drug-likeness (QED) is 0.803. The molecular weight excluding hydrogens is 266 g/mol. The van der Waals surface area contributed by atoms with Gasteiger partial charge in [0.1, 0.15) is 0 Å². The molecule has 0 saturated carbocycles. The molecule has 21 heavy (non-hydrogen) atoms. The first-order valence-corrected chi connectivity index (χ1v) is 7.40. The Balaban J connectivity index is 1.67. The van der Waals surface area contributed by atoms with Crippen molar-refractivity contribution in [3.05, 3.63) is 41.7 Å². The van der Waals surface area contributed by atoms with E-state index in [0.29, 0.717) is 12.6 Å². The van der Waals surface area contributed by atoms with Crippen molar-refractivity contribution in [3.8, 4) is 0 Å². The Morgan fingerprint density at radius 3 is 2.81 bits per heavy atom. The summed E-state index contributed by atoms with van der Waals surface area (Å²) >= 11 is 0. The summed E-state index contributed by atoms with van der Waals surface area (Å²) in [5.74, 6) is 0.756. The van der Waals surface area contributed by atoms with Crippen molar-refractivity contribution < 1.29 is 4.74 Å². The molecule has 0 amide bonds. The van der Waals surface area contributed by atoms with Crippen LogP contribution in [-0.4, -0.2) is 44.4 Å². The van der Waals surface area contributed by atoms with Crippen LogP contribution in [0.25, 0.3) is 0 Å². The Bertz CT molecular complexity index is 550. The van der Waals surface area contributed by atoms with Crippen LogP contribution in [0.15, 0.2) is 30.3 Å². The van der Waals surface area contributed by atoms with E-state index < -0.39 is 0 Å². The number of hydrogen-bond donors (Lipinski definition) is 0. The van der Waals surface area contributed by atoms with Gasteiger partial charge in [-0.05, 0) is 23.6 Å². The van der Waals surface area contributed by atoms with Gasteiger partial charge in [-0.1, -0.05) is 30.3 Å². The fourth-order valence-electron chi connectivity index (χ4n) is 2.69. The molecule has 1 fully saturated rings. The second-order valence-corrected chi connectivity index (χ2v) is 5.49. The Morgan fingerprint density at radius 2 is 2.14 bits per heavy atom. The van der Waals surface area contributed by atoms with Gasteiger partial charge in [0.25, 0.3) is 0 Å². The van der Waals surface area contributed by atoms with Crippen molar-refractivity contribution in [3.63, 3.8) is 0 Å². The Morgan fingerprint density at radius 1 is 1.29 bits per heavy atom. The summed E-state index contributed by atoms with van der Waals surface area (Å²) in [6, 6.07) is 10.5. The van der Waals surface area contributed by atoms with E-state index in [4.69, 9.17) is 4.74 Å². The summed E-state index contributed by atoms with van der Waals surface area (Å²) in [5.41, 5.74) is 1.29. The van der Waals surface area contributed by atoms with Gasteiger partial charge in [-0.15, -0.1) is 10.2 Å². The Hall–Kier alpha value is -1.79. The topological polar surface area (TPSA) is 56.1 Å². The summed E-state index contributed by atoms with van der Waals surface area (Å²) in [6.07, 6.45) is 2.62. The first kappa shape index (κ1) is 14.2. The molecule has 2 aromatic rings. The second kappa shape index (κ2) is 6.78. The number of aromatic nitrogens is 4. The Labute approximate surface area is 124 Å². The average molecular weight is 287 g/mol. The maximum atomic E-state index is 5.76. The zero-order valence-electron chi connectivity index (χ0n) is 12.4. The summed E-state index contributed by atoms with van der Waals surface area (Å²) in [4.78, 5) is 3.84. The van der Waals surface area contributed by atoms with E-state index in [1.165, 1.54) is 10.4 Å². The molecule has 3 rings (SSSR count). The number of aryl methyl sites for hydroxylation is 1. The first-order valence-electron chi connectivity index (χ1n) is 7.40.